The minimum atomic E-state index is -0.117. The van der Waals surface area contributed by atoms with Crippen LogP contribution in [-0.2, 0) is 4.79 Å². The summed E-state index contributed by atoms with van der Waals surface area (Å²) in [7, 11) is 4.15. The molecular weight excluding hydrogens is 394 g/mol. The van der Waals surface area contributed by atoms with Gasteiger partial charge in [-0.2, -0.15) is 0 Å². The topological polar surface area (TPSA) is 40.5 Å². The molecule has 3 heteroatoms. The van der Waals surface area contributed by atoms with E-state index in [1.165, 1.54) is 22.4 Å². The van der Waals surface area contributed by atoms with E-state index in [1.54, 1.807) is 5.57 Å². The lowest BCUT2D eigenvalue weighted by atomic mass is 9.51. The van der Waals surface area contributed by atoms with Crippen molar-refractivity contribution in [2.75, 3.05) is 25.6 Å². The highest BCUT2D eigenvalue weighted by Gasteiger charge is 2.58. The molecule has 0 saturated heterocycles. The zero-order chi connectivity index (χ0) is 22.5. The Balaban J connectivity index is 1.66. The van der Waals surface area contributed by atoms with Crippen LogP contribution in [0.2, 0.25) is 0 Å². The monoisotopic (exact) mass is 429 g/mol. The van der Waals surface area contributed by atoms with Gasteiger partial charge >= 0.3 is 0 Å². The van der Waals surface area contributed by atoms with Crippen LogP contribution in [0.4, 0.5) is 5.69 Å². The van der Waals surface area contributed by atoms with Crippen molar-refractivity contribution in [2.24, 2.45) is 23.2 Å². The third kappa shape index (κ3) is 3.27. The molecule has 2 saturated carbocycles. The highest BCUT2D eigenvalue weighted by molar-refractivity contribution is 5.93. The molecule has 3 nitrogen and oxygen atoms in total. The third-order valence-electron chi connectivity index (χ3n) is 8.89. The normalized spacial score (nSPS) is 33.5. The molecule has 168 valence electrons. The molecule has 5 atom stereocenters. The second kappa shape index (κ2) is 8.23. The van der Waals surface area contributed by atoms with Gasteiger partial charge in [0, 0.05) is 43.5 Å². The lowest BCUT2D eigenvalue weighted by Gasteiger charge is -2.53. The number of carbonyl (C=O) groups excluding carboxylic acids is 1. The Morgan fingerprint density at radius 2 is 1.88 bits per heavy atom. The van der Waals surface area contributed by atoms with Gasteiger partial charge in [-0.25, -0.2) is 0 Å². The van der Waals surface area contributed by atoms with E-state index < -0.39 is 0 Å². The van der Waals surface area contributed by atoms with Crippen molar-refractivity contribution in [3.05, 3.63) is 52.6 Å². The maximum Gasteiger partial charge on any atom is 0.156 e. The Bertz CT molecular complexity index is 1040. The van der Waals surface area contributed by atoms with Crippen LogP contribution in [0.25, 0.3) is 0 Å². The van der Waals surface area contributed by atoms with Crippen LogP contribution in [-0.4, -0.2) is 31.6 Å². The molecule has 0 spiro atoms. The molecule has 0 aliphatic heterocycles. The fourth-order valence-corrected chi connectivity index (χ4v) is 7.44. The van der Waals surface area contributed by atoms with E-state index in [0.29, 0.717) is 24.2 Å². The van der Waals surface area contributed by atoms with Gasteiger partial charge in [-0.1, -0.05) is 23.6 Å². The van der Waals surface area contributed by atoms with Crippen molar-refractivity contribution in [2.45, 2.75) is 57.8 Å². The molecule has 0 unspecified atom stereocenters. The van der Waals surface area contributed by atoms with Gasteiger partial charge in [0.25, 0.3) is 0 Å². The van der Waals surface area contributed by atoms with Crippen molar-refractivity contribution in [1.82, 2.24) is 0 Å². The Morgan fingerprint density at radius 3 is 2.56 bits per heavy atom. The summed E-state index contributed by atoms with van der Waals surface area (Å²) in [6.07, 6.45) is 8.78. The van der Waals surface area contributed by atoms with Gasteiger partial charge in [-0.05, 0) is 92.2 Å². The first kappa shape index (κ1) is 21.5. The highest BCUT2D eigenvalue weighted by atomic mass is 16.3. The molecule has 0 radical (unpaired) electrons. The molecule has 0 bridgehead atoms. The smallest absolute Gasteiger partial charge is 0.156 e. The summed E-state index contributed by atoms with van der Waals surface area (Å²) in [4.78, 5) is 14.3. The van der Waals surface area contributed by atoms with Gasteiger partial charge in [0.15, 0.2) is 5.78 Å². The Hall–Kier alpha value is -2.31. The zero-order valence-electron chi connectivity index (χ0n) is 19.7. The van der Waals surface area contributed by atoms with E-state index in [1.807, 2.05) is 13.0 Å². The summed E-state index contributed by atoms with van der Waals surface area (Å²) in [5, 5.41) is 10.8. The predicted octanol–water partition coefficient (Wildman–Crippen LogP) is 5.26. The molecule has 32 heavy (non-hydrogen) atoms. The fourth-order valence-electron chi connectivity index (χ4n) is 7.44. The van der Waals surface area contributed by atoms with E-state index in [0.717, 1.165) is 38.5 Å². The predicted molar refractivity (Wildman–Crippen MR) is 129 cm³/mol. The van der Waals surface area contributed by atoms with Crippen LogP contribution in [0.5, 0.6) is 0 Å². The lowest BCUT2D eigenvalue weighted by molar-refractivity contribution is -0.114. The van der Waals surface area contributed by atoms with Crippen molar-refractivity contribution in [1.29, 1.82) is 0 Å². The van der Waals surface area contributed by atoms with Crippen molar-refractivity contribution >= 4 is 11.5 Å². The van der Waals surface area contributed by atoms with Crippen LogP contribution >= 0.6 is 0 Å². The number of aliphatic hydroxyl groups is 1. The third-order valence-corrected chi connectivity index (χ3v) is 8.89. The number of allylic oxidation sites excluding steroid dienone is 4. The summed E-state index contributed by atoms with van der Waals surface area (Å²) in [6.45, 7) is 2.16. The van der Waals surface area contributed by atoms with Gasteiger partial charge in [0.1, 0.15) is 0 Å². The highest BCUT2D eigenvalue weighted by Crippen LogP contribution is 2.65. The Labute approximate surface area is 192 Å². The summed E-state index contributed by atoms with van der Waals surface area (Å²) in [5.41, 5.74) is 6.79. The fraction of sp³-hybridized carbons (Fsp3) is 0.552. The molecule has 4 aliphatic rings. The number of rotatable bonds is 3. The van der Waals surface area contributed by atoms with Crippen LogP contribution in [0.1, 0.15) is 63.4 Å². The maximum absolute atomic E-state index is 12.2. The van der Waals surface area contributed by atoms with Crippen molar-refractivity contribution in [3.8, 4) is 11.8 Å². The first-order valence-corrected chi connectivity index (χ1v) is 12.3. The molecule has 0 aromatic heterocycles. The number of anilines is 1. The van der Waals surface area contributed by atoms with Gasteiger partial charge in [-0.3, -0.25) is 4.79 Å². The zero-order valence-corrected chi connectivity index (χ0v) is 19.7. The SMILES string of the molecule is CC#C[C@@H]1CC[C@H]2[C@@H]3CCC4=CC(=O)CCC4=C3[C@@H](c3ccc(N(C)C)cc3)C[C@]12CO. The molecule has 5 rings (SSSR count). The minimum absolute atomic E-state index is 0.117. The Morgan fingerprint density at radius 1 is 1.09 bits per heavy atom. The molecule has 1 aromatic carbocycles. The van der Waals surface area contributed by atoms with Crippen molar-refractivity contribution < 1.29 is 9.90 Å². The van der Waals surface area contributed by atoms with Crippen LogP contribution in [0, 0.1) is 35.0 Å². The van der Waals surface area contributed by atoms with Gasteiger partial charge in [0.05, 0.1) is 6.61 Å². The van der Waals surface area contributed by atoms with Crippen LogP contribution < -0.4 is 4.90 Å². The second-order valence-electron chi connectivity index (χ2n) is 10.5. The lowest BCUT2D eigenvalue weighted by Crippen LogP contribution is -2.47. The number of nitrogens with zero attached hydrogens (tertiary/aromatic N) is 1. The average molecular weight is 430 g/mol. The number of hydrogen-bond donors (Lipinski definition) is 1. The molecule has 2 fully saturated rings. The molecule has 0 amide bonds. The van der Waals surface area contributed by atoms with E-state index >= 15 is 0 Å². The molecule has 1 aromatic rings. The van der Waals surface area contributed by atoms with Crippen molar-refractivity contribution in [3.63, 3.8) is 0 Å². The number of ketones is 1. The van der Waals surface area contributed by atoms with E-state index in [9.17, 15) is 9.90 Å². The maximum atomic E-state index is 12.2. The number of benzene rings is 1. The average Bonchev–Trinajstić information content (AvgIpc) is 3.17. The number of aliphatic hydroxyl groups excluding tert-OH is 1. The number of hydrogen-bond acceptors (Lipinski definition) is 3. The molecule has 4 aliphatic carbocycles. The second-order valence-corrected chi connectivity index (χ2v) is 10.5. The van der Waals surface area contributed by atoms with Crippen LogP contribution in [0.15, 0.2) is 47.1 Å². The van der Waals surface area contributed by atoms with Crippen LogP contribution in [0.3, 0.4) is 0 Å². The standard InChI is InChI=1S/C29H35NO2/c1-4-5-21-9-15-27-25-13-8-20-16-23(32)12-14-24(20)28(25)26(17-29(21,27)18-31)19-6-10-22(11-7-19)30(2)3/h6-7,10-11,16,21,25-27,31H,8-9,12-15,17-18H2,1-3H3/t21-,25+,26-,27+,29+/m1/s1. The quantitative estimate of drug-likeness (QED) is 0.666. The number of fused-ring (bicyclic) bond motifs is 4. The summed E-state index contributed by atoms with van der Waals surface area (Å²) < 4.78 is 0. The minimum Gasteiger partial charge on any atom is -0.396 e. The van der Waals surface area contributed by atoms with Gasteiger partial charge in [0.2, 0.25) is 0 Å². The van der Waals surface area contributed by atoms with Gasteiger partial charge in [-0.15, -0.1) is 5.92 Å². The Kier molecular flexibility index (Phi) is 5.54. The summed E-state index contributed by atoms with van der Waals surface area (Å²) in [6, 6.07) is 9.01. The summed E-state index contributed by atoms with van der Waals surface area (Å²) >= 11 is 0. The largest absolute Gasteiger partial charge is 0.396 e. The van der Waals surface area contributed by atoms with Gasteiger partial charge < -0.3 is 10.0 Å². The van der Waals surface area contributed by atoms with E-state index in [-0.39, 0.29) is 23.7 Å². The molecule has 1 N–H and O–H groups in total. The first-order valence-electron chi connectivity index (χ1n) is 12.3. The molecular formula is C29H35NO2. The van der Waals surface area contributed by atoms with E-state index in [4.69, 9.17) is 0 Å². The molecule has 0 heterocycles. The van der Waals surface area contributed by atoms with E-state index in [2.05, 4.69) is 55.1 Å². The summed E-state index contributed by atoms with van der Waals surface area (Å²) in [5.74, 6) is 8.53. The first-order chi connectivity index (χ1) is 15.5. The number of carbonyl (C=O) groups is 1.